The number of hydrogen-bond acceptors (Lipinski definition) is 10. The van der Waals surface area contributed by atoms with Crippen LogP contribution in [-0.4, -0.2) is 101 Å². The quantitative estimate of drug-likeness (QED) is 0.0268. The Morgan fingerprint density at radius 3 is 1.94 bits per heavy atom. The first-order valence-corrected chi connectivity index (χ1v) is 15.7. The normalized spacial score (nSPS) is 14.4. The summed E-state index contributed by atoms with van der Waals surface area (Å²) in [5, 5.41) is 29.2. The third kappa shape index (κ3) is 16.6. The van der Waals surface area contributed by atoms with Crippen molar-refractivity contribution in [1.82, 2.24) is 32.1 Å². The van der Waals surface area contributed by atoms with Crippen molar-refractivity contribution in [3.05, 3.63) is 35.9 Å². The van der Waals surface area contributed by atoms with Crippen molar-refractivity contribution < 1.29 is 43.8 Å². The van der Waals surface area contributed by atoms with Gasteiger partial charge >= 0.3 is 12.0 Å². The fourth-order valence-corrected chi connectivity index (χ4v) is 4.43. The standard InChI is InChI=1S/C30H49N11O9/c1-15(2)12-20(25(45)36-19(28(48)49)10-7-11-35-29(33)34)38-30(50)41-40-26(46)21(13-17-8-5-4-6-9-17)37-27(47)23(16(3)42)39-24(44)18(31)14-22(32)43/h4-6,8-9,15-16,18-21,23,42H,7,10-14,31H2,1-3H3,(H2,32,43)(H,36,45)(H,37,47)(H,39,44)(H,40,46)(H,48,49)(H4,33,34,35)(H2,38,41,50)/t16-,18+,19+,20+,21+,23+/m1/s1. The molecule has 7 amide bonds. The van der Waals surface area contributed by atoms with Gasteiger partial charge in [0.05, 0.1) is 18.6 Å². The molecule has 0 aliphatic carbocycles. The van der Waals surface area contributed by atoms with E-state index in [1.54, 1.807) is 44.2 Å². The van der Waals surface area contributed by atoms with Crippen LogP contribution in [0.15, 0.2) is 35.3 Å². The van der Waals surface area contributed by atoms with Crippen LogP contribution < -0.4 is 55.1 Å². The number of hydrogen-bond donors (Lipinski definition) is 12. The van der Waals surface area contributed by atoms with Gasteiger partial charge in [0.1, 0.15) is 24.2 Å². The summed E-state index contributed by atoms with van der Waals surface area (Å²) in [7, 11) is 0. The Labute approximate surface area is 288 Å². The number of aliphatic hydroxyl groups excluding tert-OH is 1. The van der Waals surface area contributed by atoms with Gasteiger partial charge in [-0.15, -0.1) is 0 Å². The van der Waals surface area contributed by atoms with Gasteiger partial charge in [-0.05, 0) is 37.7 Å². The average molecular weight is 708 g/mol. The topological polar surface area (TPSA) is 349 Å². The van der Waals surface area contributed by atoms with E-state index in [9.17, 15) is 43.8 Å². The minimum Gasteiger partial charge on any atom is -0.480 e. The van der Waals surface area contributed by atoms with E-state index in [-0.39, 0.29) is 44.1 Å². The monoisotopic (exact) mass is 707 g/mol. The second kappa shape index (κ2) is 21.5. The van der Waals surface area contributed by atoms with Gasteiger partial charge in [-0.3, -0.25) is 34.4 Å². The lowest BCUT2D eigenvalue weighted by Crippen LogP contribution is -2.61. The van der Waals surface area contributed by atoms with E-state index in [4.69, 9.17) is 22.9 Å². The largest absolute Gasteiger partial charge is 0.480 e. The van der Waals surface area contributed by atoms with Gasteiger partial charge in [-0.1, -0.05) is 44.2 Å². The maximum atomic E-state index is 13.3. The van der Waals surface area contributed by atoms with E-state index < -0.39 is 84.3 Å². The molecule has 0 saturated carbocycles. The zero-order chi connectivity index (χ0) is 38.0. The van der Waals surface area contributed by atoms with Crippen LogP contribution in [-0.2, 0) is 35.2 Å². The Balaban J connectivity index is 3.03. The number of urea groups is 1. The zero-order valence-electron chi connectivity index (χ0n) is 28.2. The summed E-state index contributed by atoms with van der Waals surface area (Å²) >= 11 is 0. The predicted molar refractivity (Wildman–Crippen MR) is 180 cm³/mol. The SMILES string of the molecule is CC(C)C[C@H](NC(=O)NNC(=O)[C@H](Cc1ccccc1)NC(=O)[C@@H](NC(=O)[C@@H](N)CC(N)=O)[C@@H](C)O)C(=O)N[C@@H](CCCN=C(N)N)C(=O)O. The van der Waals surface area contributed by atoms with E-state index in [0.717, 1.165) is 0 Å². The van der Waals surface area contributed by atoms with Gasteiger partial charge in [0, 0.05) is 13.0 Å². The third-order valence-electron chi connectivity index (χ3n) is 6.92. The molecule has 0 unspecified atom stereocenters. The molecule has 1 aromatic rings. The first kappa shape index (κ1) is 42.5. The highest BCUT2D eigenvalue weighted by atomic mass is 16.4. The minimum atomic E-state index is -1.60. The molecular formula is C30H49N11O9. The smallest absolute Gasteiger partial charge is 0.334 e. The number of carbonyl (C=O) groups excluding carboxylic acids is 6. The van der Waals surface area contributed by atoms with Crippen molar-refractivity contribution in [3.63, 3.8) is 0 Å². The number of nitrogens with zero attached hydrogens (tertiary/aromatic N) is 1. The van der Waals surface area contributed by atoms with Gasteiger partial charge in [0.2, 0.25) is 23.6 Å². The fraction of sp³-hybridized carbons (Fsp3) is 0.533. The van der Waals surface area contributed by atoms with E-state index in [1.165, 1.54) is 6.92 Å². The number of carbonyl (C=O) groups is 7. The van der Waals surface area contributed by atoms with Crippen molar-refractivity contribution in [1.29, 1.82) is 0 Å². The molecule has 20 nitrogen and oxygen atoms in total. The van der Waals surface area contributed by atoms with E-state index >= 15 is 0 Å². The van der Waals surface area contributed by atoms with Crippen molar-refractivity contribution in [2.24, 2.45) is 33.8 Å². The van der Waals surface area contributed by atoms with Gasteiger partial charge in [0.25, 0.3) is 5.91 Å². The molecule has 1 aromatic carbocycles. The molecule has 0 heterocycles. The van der Waals surface area contributed by atoms with E-state index in [0.29, 0.717) is 5.56 Å². The van der Waals surface area contributed by atoms with Gasteiger partial charge in [-0.2, -0.15) is 0 Å². The van der Waals surface area contributed by atoms with Crippen LogP contribution in [0.1, 0.15) is 52.0 Å². The molecule has 1 rings (SSSR count). The third-order valence-corrected chi connectivity index (χ3v) is 6.92. The lowest BCUT2D eigenvalue weighted by molar-refractivity contribution is -0.142. The first-order valence-electron chi connectivity index (χ1n) is 15.7. The molecule has 0 saturated heterocycles. The molecule has 0 fully saturated rings. The summed E-state index contributed by atoms with van der Waals surface area (Å²) in [6.07, 6.45) is -1.72. The molecule has 0 spiro atoms. The maximum absolute atomic E-state index is 13.3. The molecule has 0 bridgehead atoms. The first-order chi connectivity index (χ1) is 23.4. The number of amides is 7. The van der Waals surface area contributed by atoms with Gasteiger partial charge in [0.15, 0.2) is 5.96 Å². The maximum Gasteiger partial charge on any atom is 0.334 e. The summed E-state index contributed by atoms with van der Waals surface area (Å²) in [6.45, 7) is 4.90. The summed E-state index contributed by atoms with van der Waals surface area (Å²) in [5.41, 5.74) is 26.1. The highest BCUT2D eigenvalue weighted by Gasteiger charge is 2.32. The Morgan fingerprint density at radius 2 is 1.40 bits per heavy atom. The molecule has 0 aliphatic heterocycles. The molecule has 0 aliphatic rings. The van der Waals surface area contributed by atoms with Crippen LogP contribution in [0.3, 0.4) is 0 Å². The number of carboxylic acid groups (broad SMARTS) is 1. The number of hydrazine groups is 1. The summed E-state index contributed by atoms with van der Waals surface area (Å²) in [4.78, 5) is 91.4. The summed E-state index contributed by atoms with van der Waals surface area (Å²) in [5.74, 6) is -6.10. The Kier molecular flexibility index (Phi) is 18.3. The number of carboxylic acids is 1. The Morgan fingerprint density at radius 1 is 0.780 bits per heavy atom. The highest BCUT2D eigenvalue weighted by molar-refractivity contribution is 5.95. The number of rotatable bonds is 20. The molecule has 6 atom stereocenters. The fourth-order valence-electron chi connectivity index (χ4n) is 4.43. The van der Waals surface area contributed by atoms with Crippen molar-refractivity contribution >= 4 is 47.5 Å². The van der Waals surface area contributed by atoms with E-state index in [2.05, 4.69) is 37.1 Å². The van der Waals surface area contributed by atoms with Crippen LogP contribution in [0.5, 0.6) is 0 Å². The van der Waals surface area contributed by atoms with Crippen LogP contribution in [0.4, 0.5) is 4.79 Å². The Bertz CT molecular complexity index is 1350. The number of nitrogens with one attached hydrogen (secondary N) is 6. The second-order valence-electron chi connectivity index (χ2n) is 11.9. The molecule has 278 valence electrons. The minimum absolute atomic E-state index is 0.00278. The van der Waals surface area contributed by atoms with Gasteiger partial charge in [-0.25, -0.2) is 15.0 Å². The molecule has 0 aromatic heterocycles. The summed E-state index contributed by atoms with van der Waals surface area (Å²) < 4.78 is 0. The molecule has 20 heteroatoms. The van der Waals surface area contributed by atoms with Crippen molar-refractivity contribution in [3.8, 4) is 0 Å². The predicted octanol–water partition coefficient (Wildman–Crippen LogP) is -3.85. The number of aliphatic carboxylic acids is 1. The zero-order valence-corrected chi connectivity index (χ0v) is 28.2. The number of guanidine groups is 1. The van der Waals surface area contributed by atoms with Crippen LogP contribution in [0.2, 0.25) is 0 Å². The number of primary amides is 1. The molecular weight excluding hydrogens is 658 g/mol. The van der Waals surface area contributed by atoms with Crippen LogP contribution in [0, 0.1) is 5.92 Å². The average Bonchev–Trinajstić information content (AvgIpc) is 3.02. The Hall–Kier alpha value is -5.50. The lowest BCUT2D eigenvalue weighted by Gasteiger charge is -2.26. The van der Waals surface area contributed by atoms with E-state index in [1.807, 2.05) is 0 Å². The van der Waals surface area contributed by atoms with Crippen LogP contribution >= 0.6 is 0 Å². The number of nitrogens with two attached hydrogens (primary N) is 4. The van der Waals surface area contributed by atoms with Crippen LogP contribution in [0.25, 0.3) is 0 Å². The lowest BCUT2D eigenvalue weighted by atomic mass is 10.0. The number of aliphatic hydroxyl groups is 1. The van der Waals surface area contributed by atoms with Crippen molar-refractivity contribution in [2.45, 2.75) is 89.2 Å². The number of benzene rings is 1. The number of aliphatic imine (C=N–C) groups is 1. The summed E-state index contributed by atoms with van der Waals surface area (Å²) in [6, 6.07) is 0.551. The molecule has 50 heavy (non-hydrogen) atoms. The molecule has 16 N–H and O–H groups in total. The highest BCUT2D eigenvalue weighted by Crippen LogP contribution is 2.08. The molecule has 0 radical (unpaired) electrons. The second-order valence-corrected chi connectivity index (χ2v) is 11.9. The van der Waals surface area contributed by atoms with Gasteiger partial charge < -0.3 is 54.4 Å². The van der Waals surface area contributed by atoms with Crippen molar-refractivity contribution in [2.75, 3.05) is 6.54 Å².